The summed E-state index contributed by atoms with van der Waals surface area (Å²) in [5, 5.41) is 26.2. The van der Waals surface area contributed by atoms with E-state index in [1.165, 1.54) is 0 Å². The van der Waals surface area contributed by atoms with Crippen molar-refractivity contribution in [3.05, 3.63) is 0 Å². The van der Waals surface area contributed by atoms with E-state index in [9.17, 15) is 23.8 Å². The summed E-state index contributed by atoms with van der Waals surface area (Å²) in [6.07, 6.45) is -1.95. The Balaban J connectivity index is 4.74. The van der Waals surface area contributed by atoms with Crippen LogP contribution in [0.2, 0.25) is 0 Å². The van der Waals surface area contributed by atoms with Gasteiger partial charge in [0.1, 0.15) is 0 Å². The molecule has 0 spiro atoms. The van der Waals surface area contributed by atoms with E-state index in [0.29, 0.717) is 0 Å². The zero-order valence-electron chi connectivity index (χ0n) is 10.5. The molecule has 8 nitrogen and oxygen atoms in total. The third-order valence-corrected chi connectivity index (χ3v) is 5.10. The van der Waals surface area contributed by atoms with Gasteiger partial charge >= 0.3 is 17.9 Å². The van der Waals surface area contributed by atoms with Gasteiger partial charge in [-0.2, -0.15) is 12.6 Å². The standard InChI is InChI=1S/C10H17O8PS/c11-8(12)2-1-6(9(13)14)3-19(17,18)4-7(5-20)10(15)16/h6-7,20H,1-5H2,(H,11,12)(H,13,14)(H,15,16)(H,17,18). The molecule has 0 aromatic heterocycles. The van der Waals surface area contributed by atoms with E-state index in [0.717, 1.165) is 0 Å². The second-order valence-electron chi connectivity index (χ2n) is 4.40. The average molecular weight is 328 g/mol. The number of thiol groups is 1. The minimum absolute atomic E-state index is 0.146. The van der Waals surface area contributed by atoms with Crippen molar-refractivity contribution in [2.75, 3.05) is 18.1 Å². The van der Waals surface area contributed by atoms with Gasteiger partial charge in [-0.15, -0.1) is 0 Å². The van der Waals surface area contributed by atoms with Crippen molar-refractivity contribution in [1.29, 1.82) is 0 Å². The molecule has 0 fully saturated rings. The molecular formula is C10H17O8PS. The Kier molecular flexibility index (Phi) is 7.85. The number of carboxylic acid groups (broad SMARTS) is 3. The number of rotatable bonds is 10. The Labute approximate surface area is 120 Å². The van der Waals surface area contributed by atoms with Crippen molar-refractivity contribution in [1.82, 2.24) is 0 Å². The maximum Gasteiger partial charge on any atom is 0.307 e. The quantitative estimate of drug-likeness (QED) is 0.287. The zero-order chi connectivity index (χ0) is 15.9. The van der Waals surface area contributed by atoms with Crippen molar-refractivity contribution >= 4 is 37.9 Å². The molecule has 0 amide bonds. The fourth-order valence-corrected chi connectivity index (χ4v) is 4.21. The van der Waals surface area contributed by atoms with Crippen molar-refractivity contribution < 1.29 is 39.2 Å². The molecule has 10 heteroatoms. The van der Waals surface area contributed by atoms with Crippen molar-refractivity contribution in [2.24, 2.45) is 11.8 Å². The lowest BCUT2D eigenvalue weighted by atomic mass is 10.1. The molecule has 0 aromatic carbocycles. The first-order valence-electron chi connectivity index (χ1n) is 5.68. The largest absolute Gasteiger partial charge is 0.481 e. The van der Waals surface area contributed by atoms with Crippen LogP contribution < -0.4 is 0 Å². The lowest BCUT2D eigenvalue weighted by Gasteiger charge is -2.19. The van der Waals surface area contributed by atoms with E-state index in [1.807, 2.05) is 0 Å². The number of aliphatic carboxylic acids is 3. The monoisotopic (exact) mass is 328 g/mol. The van der Waals surface area contributed by atoms with E-state index in [2.05, 4.69) is 12.6 Å². The van der Waals surface area contributed by atoms with Crippen LogP contribution in [0.3, 0.4) is 0 Å². The first kappa shape index (κ1) is 18.9. The summed E-state index contributed by atoms with van der Waals surface area (Å²) in [6.45, 7) is 0. The summed E-state index contributed by atoms with van der Waals surface area (Å²) in [7, 11) is -3.99. The molecule has 4 N–H and O–H groups in total. The highest BCUT2D eigenvalue weighted by Gasteiger charge is 2.33. The Morgan fingerprint density at radius 1 is 1.00 bits per heavy atom. The van der Waals surface area contributed by atoms with Crippen LogP contribution in [0.1, 0.15) is 12.8 Å². The second-order valence-corrected chi connectivity index (χ2v) is 7.18. The average Bonchev–Trinajstić information content (AvgIpc) is 2.30. The van der Waals surface area contributed by atoms with Crippen LogP contribution >= 0.6 is 20.0 Å². The molecule has 0 aromatic rings. The van der Waals surface area contributed by atoms with Crippen LogP contribution in [-0.2, 0) is 18.9 Å². The molecule has 116 valence electrons. The van der Waals surface area contributed by atoms with E-state index in [4.69, 9.17) is 15.3 Å². The van der Waals surface area contributed by atoms with Gasteiger partial charge in [0.15, 0.2) is 0 Å². The van der Waals surface area contributed by atoms with E-state index in [1.54, 1.807) is 0 Å². The zero-order valence-corrected chi connectivity index (χ0v) is 12.3. The van der Waals surface area contributed by atoms with E-state index >= 15 is 0 Å². The summed E-state index contributed by atoms with van der Waals surface area (Å²) in [5.74, 6) is -6.46. The van der Waals surface area contributed by atoms with Gasteiger partial charge in [-0.3, -0.25) is 18.9 Å². The third-order valence-electron chi connectivity index (χ3n) is 2.64. The topological polar surface area (TPSA) is 149 Å². The fraction of sp³-hybridized carbons (Fsp3) is 0.700. The van der Waals surface area contributed by atoms with E-state index in [-0.39, 0.29) is 12.2 Å². The van der Waals surface area contributed by atoms with Gasteiger partial charge in [-0.05, 0) is 6.42 Å². The predicted molar refractivity (Wildman–Crippen MR) is 72.5 cm³/mol. The van der Waals surface area contributed by atoms with Crippen LogP contribution in [0.15, 0.2) is 0 Å². The molecule has 20 heavy (non-hydrogen) atoms. The van der Waals surface area contributed by atoms with Crippen LogP contribution in [-0.4, -0.2) is 56.2 Å². The van der Waals surface area contributed by atoms with Crippen LogP contribution in [0.5, 0.6) is 0 Å². The molecule has 0 heterocycles. The maximum atomic E-state index is 11.9. The van der Waals surface area contributed by atoms with Gasteiger partial charge < -0.3 is 20.2 Å². The van der Waals surface area contributed by atoms with Crippen LogP contribution in [0, 0.1) is 11.8 Å². The Bertz CT molecular complexity index is 423. The molecular weight excluding hydrogens is 311 g/mol. The van der Waals surface area contributed by atoms with Gasteiger partial charge in [0.25, 0.3) is 0 Å². The number of carboxylic acids is 3. The molecule has 0 radical (unpaired) electrons. The molecule has 0 aliphatic carbocycles. The van der Waals surface area contributed by atoms with Crippen LogP contribution in [0.25, 0.3) is 0 Å². The van der Waals surface area contributed by atoms with E-state index < -0.39 is 55.9 Å². The molecule has 0 bridgehead atoms. The molecule has 3 unspecified atom stereocenters. The molecule has 0 aliphatic rings. The third kappa shape index (κ3) is 7.52. The fourth-order valence-electron chi connectivity index (χ4n) is 1.57. The number of hydrogen-bond donors (Lipinski definition) is 5. The normalized spacial score (nSPS) is 16.9. The van der Waals surface area contributed by atoms with Crippen molar-refractivity contribution in [3.8, 4) is 0 Å². The first-order valence-corrected chi connectivity index (χ1v) is 8.34. The second kappa shape index (κ2) is 8.28. The SMILES string of the molecule is O=C(O)CCC(CP(=O)(O)CC(CS)C(=O)O)C(=O)O. The maximum absolute atomic E-state index is 11.9. The molecule has 0 rings (SSSR count). The summed E-state index contributed by atoms with van der Waals surface area (Å²) in [6, 6.07) is 0. The first-order chi connectivity index (χ1) is 9.09. The molecule has 0 saturated heterocycles. The Hall–Kier alpha value is -1.05. The number of hydrogen-bond acceptors (Lipinski definition) is 5. The van der Waals surface area contributed by atoms with Gasteiger partial charge in [0, 0.05) is 24.5 Å². The number of carbonyl (C=O) groups is 3. The smallest absolute Gasteiger partial charge is 0.307 e. The van der Waals surface area contributed by atoms with Crippen molar-refractivity contribution in [2.45, 2.75) is 12.8 Å². The van der Waals surface area contributed by atoms with Gasteiger partial charge in [-0.25, -0.2) is 0 Å². The Morgan fingerprint density at radius 2 is 1.45 bits per heavy atom. The lowest BCUT2D eigenvalue weighted by molar-refractivity contribution is -0.142. The Morgan fingerprint density at radius 3 is 1.80 bits per heavy atom. The van der Waals surface area contributed by atoms with Crippen LogP contribution in [0.4, 0.5) is 0 Å². The summed E-state index contributed by atoms with van der Waals surface area (Å²) >= 11 is 3.76. The minimum atomic E-state index is -3.99. The summed E-state index contributed by atoms with van der Waals surface area (Å²) < 4.78 is 11.9. The predicted octanol–water partition coefficient (Wildman–Crippen LogP) is 0.453. The summed E-state index contributed by atoms with van der Waals surface area (Å²) in [5.41, 5.74) is 0. The van der Waals surface area contributed by atoms with Gasteiger partial charge in [0.2, 0.25) is 7.37 Å². The summed E-state index contributed by atoms with van der Waals surface area (Å²) in [4.78, 5) is 41.8. The lowest BCUT2D eigenvalue weighted by Crippen LogP contribution is -2.24. The molecule has 0 saturated carbocycles. The highest BCUT2D eigenvalue weighted by molar-refractivity contribution is 7.80. The minimum Gasteiger partial charge on any atom is -0.481 e. The highest BCUT2D eigenvalue weighted by Crippen LogP contribution is 2.45. The molecule has 0 aliphatic heterocycles. The van der Waals surface area contributed by atoms with Gasteiger partial charge in [0.05, 0.1) is 11.8 Å². The van der Waals surface area contributed by atoms with Gasteiger partial charge in [-0.1, -0.05) is 0 Å². The highest BCUT2D eigenvalue weighted by atomic mass is 32.1. The van der Waals surface area contributed by atoms with Crippen molar-refractivity contribution in [3.63, 3.8) is 0 Å². The molecule has 3 atom stereocenters.